The topological polar surface area (TPSA) is 105 Å². The van der Waals surface area contributed by atoms with Gasteiger partial charge in [0.05, 0.1) is 25.0 Å². The number of aliphatic hydroxyl groups excluding tert-OH is 1. The predicted octanol–water partition coefficient (Wildman–Crippen LogP) is 3.26. The van der Waals surface area contributed by atoms with E-state index in [0.717, 1.165) is 55.9 Å². The second-order valence-corrected chi connectivity index (χ2v) is 8.73. The van der Waals surface area contributed by atoms with E-state index in [9.17, 15) is 15.0 Å². The molecule has 0 fully saturated rings. The number of nitrogen functional groups attached to an aromatic ring is 1. The average Bonchev–Trinajstić information content (AvgIpc) is 2.76. The summed E-state index contributed by atoms with van der Waals surface area (Å²) >= 11 is 2.71. The van der Waals surface area contributed by atoms with Crippen LogP contribution in [0.4, 0.5) is 5.69 Å². The van der Waals surface area contributed by atoms with E-state index >= 15 is 0 Å². The molecule has 0 saturated carbocycles. The van der Waals surface area contributed by atoms with Crippen LogP contribution in [0.5, 0.6) is 5.75 Å². The number of hydrogen-bond acceptors (Lipinski definition) is 8. The molecule has 5 N–H and O–H groups in total. The Hall–Kier alpha value is -1.71. The van der Waals surface area contributed by atoms with Gasteiger partial charge in [-0.05, 0) is 42.3 Å². The van der Waals surface area contributed by atoms with Gasteiger partial charge in [-0.3, -0.25) is 4.79 Å². The smallest absolute Gasteiger partial charge is 0.181 e. The lowest BCUT2D eigenvalue weighted by Gasteiger charge is -2.17. The van der Waals surface area contributed by atoms with Crippen LogP contribution in [0.1, 0.15) is 23.7 Å². The number of phenolic OH excluding ortho intramolecular Hbond substituents is 1. The van der Waals surface area contributed by atoms with Gasteiger partial charge in [0.25, 0.3) is 0 Å². The van der Waals surface area contributed by atoms with Gasteiger partial charge in [0.2, 0.25) is 0 Å². The molecule has 164 valence electrons. The minimum Gasteiger partial charge on any atom is -0.506 e. The molecule has 30 heavy (non-hydrogen) atoms. The molecular formula is C22H30N2O4S2. The maximum absolute atomic E-state index is 10.8. The molecule has 2 rings (SSSR count). The van der Waals surface area contributed by atoms with Gasteiger partial charge in [-0.2, -0.15) is 11.8 Å². The highest BCUT2D eigenvalue weighted by molar-refractivity contribution is 8.12. The molecule has 0 aliphatic rings. The third-order valence-corrected chi connectivity index (χ3v) is 6.28. The van der Waals surface area contributed by atoms with E-state index in [1.165, 1.54) is 11.6 Å². The van der Waals surface area contributed by atoms with Crippen molar-refractivity contribution in [3.05, 3.63) is 53.6 Å². The first kappa shape index (κ1) is 24.6. The summed E-state index contributed by atoms with van der Waals surface area (Å²) in [5.74, 6) is 1.89. The van der Waals surface area contributed by atoms with E-state index in [0.29, 0.717) is 22.6 Å². The molecule has 0 heterocycles. The number of nitrogens with one attached hydrogen (secondary N) is 1. The number of ether oxygens (including phenoxy) is 1. The number of nitrogens with two attached hydrogens (primary N) is 1. The fourth-order valence-corrected chi connectivity index (χ4v) is 4.31. The maximum atomic E-state index is 10.8. The zero-order chi connectivity index (χ0) is 21.6. The Labute approximate surface area is 186 Å². The molecule has 2 aromatic carbocycles. The number of carbonyl (C=O) groups excluding carboxylic acids is 1. The summed E-state index contributed by atoms with van der Waals surface area (Å²) in [5, 5.41) is 23.3. The summed E-state index contributed by atoms with van der Waals surface area (Å²) in [6, 6.07) is 13.4. The summed E-state index contributed by atoms with van der Waals surface area (Å²) < 4.78 is 5.67. The van der Waals surface area contributed by atoms with E-state index in [1.54, 1.807) is 6.07 Å². The minimum atomic E-state index is -0.805. The number of carbonyl (C=O) groups is 1. The molecule has 8 heteroatoms. The maximum Gasteiger partial charge on any atom is 0.181 e. The van der Waals surface area contributed by atoms with Gasteiger partial charge in [0.1, 0.15) is 5.75 Å². The average molecular weight is 451 g/mol. The van der Waals surface area contributed by atoms with Crippen molar-refractivity contribution in [2.45, 2.75) is 23.8 Å². The van der Waals surface area contributed by atoms with Gasteiger partial charge < -0.3 is 26.0 Å². The summed E-state index contributed by atoms with van der Waals surface area (Å²) in [5.41, 5.74) is 8.40. The third kappa shape index (κ3) is 8.57. The van der Waals surface area contributed by atoms with E-state index in [4.69, 9.17) is 10.5 Å². The van der Waals surface area contributed by atoms with Gasteiger partial charge in [-0.15, -0.1) is 0 Å². The predicted molar refractivity (Wildman–Crippen MR) is 126 cm³/mol. The molecule has 0 aromatic heterocycles. The Bertz CT molecular complexity index is 762. The SMILES string of the molecule is Nc1c(O)ccc(C(O)CNCCCSCCOCCc2ccccc2)c1SC=O. The van der Waals surface area contributed by atoms with Crippen LogP contribution in [-0.4, -0.2) is 53.6 Å². The number of aliphatic hydroxyl groups is 1. The second-order valence-electron chi connectivity index (χ2n) is 6.66. The highest BCUT2D eigenvalue weighted by Gasteiger charge is 2.17. The van der Waals surface area contributed by atoms with Crippen LogP contribution in [0.15, 0.2) is 47.4 Å². The molecule has 0 radical (unpaired) electrons. The highest BCUT2D eigenvalue weighted by atomic mass is 32.2. The lowest BCUT2D eigenvalue weighted by atomic mass is 10.1. The van der Waals surface area contributed by atoms with Crippen molar-refractivity contribution < 1.29 is 19.7 Å². The highest BCUT2D eigenvalue weighted by Crippen LogP contribution is 2.36. The largest absolute Gasteiger partial charge is 0.506 e. The van der Waals surface area contributed by atoms with Crippen LogP contribution in [0.2, 0.25) is 0 Å². The summed E-state index contributed by atoms with van der Waals surface area (Å²) in [6.45, 7) is 2.63. The van der Waals surface area contributed by atoms with Crippen LogP contribution in [-0.2, 0) is 16.0 Å². The lowest BCUT2D eigenvalue weighted by Crippen LogP contribution is -2.23. The normalized spacial score (nSPS) is 12.0. The summed E-state index contributed by atoms with van der Waals surface area (Å²) in [4.78, 5) is 11.2. The quantitative estimate of drug-likeness (QED) is 0.108. The van der Waals surface area contributed by atoms with Crippen molar-refractivity contribution in [2.75, 3.05) is 43.5 Å². The molecular weight excluding hydrogens is 420 g/mol. The molecule has 2 aromatic rings. The minimum absolute atomic E-state index is 0.0932. The van der Waals surface area contributed by atoms with Crippen molar-refractivity contribution in [1.29, 1.82) is 0 Å². The van der Waals surface area contributed by atoms with E-state index in [2.05, 4.69) is 17.4 Å². The first-order valence-corrected chi connectivity index (χ1v) is 12.0. The number of benzene rings is 2. The number of thioether (sulfide) groups is 2. The standard InChI is InChI=1S/C22H30N2O4S2/c23-21-19(26)8-7-18(22(21)30-16-25)20(27)15-24-10-4-13-29-14-12-28-11-9-17-5-2-1-3-6-17/h1-3,5-8,16,20,24,26-27H,4,9-15,23H2. The molecule has 1 atom stereocenters. The Morgan fingerprint density at radius 1 is 1.13 bits per heavy atom. The number of phenols is 1. The Balaban J connectivity index is 1.52. The van der Waals surface area contributed by atoms with E-state index in [1.807, 2.05) is 30.0 Å². The Morgan fingerprint density at radius 2 is 1.93 bits per heavy atom. The summed E-state index contributed by atoms with van der Waals surface area (Å²) in [7, 11) is 0. The van der Waals surface area contributed by atoms with Crippen molar-refractivity contribution in [3.8, 4) is 5.75 Å². The van der Waals surface area contributed by atoms with Gasteiger partial charge in [-0.25, -0.2) is 0 Å². The first-order valence-electron chi connectivity index (χ1n) is 9.93. The van der Waals surface area contributed by atoms with Crippen molar-refractivity contribution >= 4 is 34.8 Å². The van der Waals surface area contributed by atoms with Crippen LogP contribution in [0, 0.1) is 0 Å². The van der Waals surface area contributed by atoms with E-state index < -0.39 is 6.10 Å². The third-order valence-electron chi connectivity index (χ3n) is 4.46. The van der Waals surface area contributed by atoms with Crippen LogP contribution >= 0.6 is 23.5 Å². The van der Waals surface area contributed by atoms with Crippen LogP contribution < -0.4 is 11.1 Å². The van der Waals surface area contributed by atoms with Crippen LogP contribution in [0.25, 0.3) is 0 Å². The van der Waals surface area contributed by atoms with Crippen LogP contribution in [0.3, 0.4) is 0 Å². The second kappa shape index (κ2) is 14.3. The first-order chi connectivity index (χ1) is 14.6. The number of rotatable bonds is 15. The Morgan fingerprint density at radius 3 is 2.70 bits per heavy atom. The van der Waals surface area contributed by atoms with Crippen molar-refractivity contribution in [1.82, 2.24) is 5.32 Å². The molecule has 0 spiro atoms. The van der Waals surface area contributed by atoms with E-state index in [-0.39, 0.29) is 11.4 Å². The number of hydrogen-bond donors (Lipinski definition) is 4. The van der Waals surface area contributed by atoms with Crippen molar-refractivity contribution in [2.24, 2.45) is 0 Å². The Kier molecular flexibility index (Phi) is 11.7. The fraction of sp³-hybridized carbons (Fsp3) is 0.409. The number of anilines is 1. The fourth-order valence-electron chi connectivity index (χ4n) is 2.85. The molecule has 6 nitrogen and oxygen atoms in total. The molecule has 0 aliphatic heterocycles. The lowest BCUT2D eigenvalue weighted by molar-refractivity contribution is 0.153. The molecule has 0 bridgehead atoms. The van der Waals surface area contributed by atoms with Gasteiger partial charge in [0, 0.05) is 17.2 Å². The molecule has 0 aliphatic carbocycles. The number of aromatic hydroxyl groups is 1. The zero-order valence-corrected chi connectivity index (χ0v) is 18.6. The van der Waals surface area contributed by atoms with Crippen molar-refractivity contribution in [3.63, 3.8) is 0 Å². The van der Waals surface area contributed by atoms with Gasteiger partial charge in [-0.1, -0.05) is 48.2 Å². The zero-order valence-electron chi connectivity index (χ0n) is 17.0. The summed E-state index contributed by atoms with van der Waals surface area (Å²) in [6.07, 6.45) is 1.12. The van der Waals surface area contributed by atoms with Gasteiger partial charge >= 0.3 is 0 Å². The monoisotopic (exact) mass is 450 g/mol. The molecule has 1 unspecified atom stereocenters. The van der Waals surface area contributed by atoms with Gasteiger partial charge in [0.15, 0.2) is 5.62 Å². The molecule has 0 saturated heterocycles. The molecule has 0 amide bonds.